The highest BCUT2D eigenvalue weighted by molar-refractivity contribution is 5.66. The second kappa shape index (κ2) is 6.78. The van der Waals surface area contributed by atoms with Gasteiger partial charge in [-0.15, -0.1) is 0 Å². The molecule has 0 saturated carbocycles. The molecule has 0 aliphatic carbocycles. The summed E-state index contributed by atoms with van der Waals surface area (Å²) in [5.74, 6) is -1.54. The maximum atomic E-state index is 10.3. The Hall–Kier alpha value is -1.72. The van der Waals surface area contributed by atoms with Gasteiger partial charge in [0.1, 0.15) is 0 Å². The summed E-state index contributed by atoms with van der Waals surface area (Å²) in [6.45, 7) is 2.16. The van der Waals surface area contributed by atoms with Crippen molar-refractivity contribution in [2.24, 2.45) is 0 Å². The molecule has 0 fully saturated rings. The minimum atomic E-state index is -0.772. The molecule has 0 aromatic carbocycles. The molecule has 1 rings (SSSR count). The van der Waals surface area contributed by atoms with Gasteiger partial charge in [-0.1, -0.05) is 0 Å². The second-order valence-corrected chi connectivity index (χ2v) is 4.06. The van der Waals surface area contributed by atoms with Crippen LogP contribution in [0.1, 0.15) is 25.7 Å². The number of hydrogen-bond acceptors (Lipinski definition) is 4. The lowest BCUT2D eigenvalue weighted by Gasteiger charge is -2.20. The Morgan fingerprint density at radius 1 is 0.941 bits per heavy atom. The van der Waals surface area contributed by atoms with Crippen molar-refractivity contribution in [3.63, 3.8) is 0 Å². The van der Waals surface area contributed by atoms with Crippen molar-refractivity contribution in [1.29, 1.82) is 0 Å². The van der Waals surface area contributed by atoms with Crippen molar-refractivity contribution in [3.05, 3.63) is 12.4 Å². The molecule has 0 unspecified atom stereocenters. The molecule has 0 saturated heterocycles. The third kappa shape index (κ3) is 5.79. The van der Waals surface area contributed by atoms with Crippen molar-refractivity contribution >= 4 is 11.9 Å². The zero-order valence-electron chi connectivity index (χ0n) is 9.71. The fraction of sp³-hybridized carbons (Fsp3) is 0.636. The smallest absolute Gasteiger partial charge is 0.303 e. The Kier molecular flexibility index (Phi) is 5.32. The minimum Gasteiger partial charge on any atom is -0.481 e. The monoisotopic (exact) mass is 242 g/mol. The largest absolute Gasteiger partial charge is 0.481 e. The maximum Gasteiger partial charge on any atom is 0.303 e. The van der Waals surface area contributed by atoms with Gasteiger partial charge in [-0.05, 0) is 12.8 Å². The lowest BCUT2D eigenvalue weighted by molar-refractivity contribution is -0.138. The van der Waals surface area contributed by atoms with Gasteiger partial charge in [-0.2, -0.15) is 0 Å². The van der Waals surface area contributed by atoms with Crippen LogP contribution in [0.15, 0.2) is 12.4 Å². The van der Waals surface area contributed by atoms with E-state index in [-0.39, 0.29) is 12.8 Å². The molecule has 1 aliphatic heterocycles. The van der Waals surface area contributed by atoms with Crippen LogP contribution in [-0.2, 0) is 9.59 Å². The summed E-state index contributed by atoms with van der Waals surface area (Å²) in [6, 6.07) is 0. The summed E-state index contributed by atoms with van der Waals surface area (Å²) in [5, 5.41) is 17.0. The van der Waals surface area contributed by atoms with E-state index in [0.717, 1.165) is 19.8 Å². The van der Waals surface area contributed by atoms with E-state index in [1.165, 1.54) is 0 Å². The van der Waals surface area contributed by atoms with E-state index in [2.05, 4.69) is 0 Å². The van der Waals surface area contributed by atoms with Crippen molar-refractivity contribution in [1.82, 2.24) is 9.80 Å². The van der Waals surface area contributed by atoms with E-state index in [1.54, 1.807) is 0 Å². The normalized spacial score (nSPS) is 14.4. The molecular formula is C11H18N2O4. The summed E-state index contributed by atoms with van der Waals surface area (Å²) in [7, 11) is 0. The second-order valence-electron chi connectivity index (χ2n) is 4.06. The van der Waals surface area contributed by atoms with E-state index in [4.69, 9.17) is 10.2 Å². The number of hydrogen-bond donors (Lipinski definition) is 2. The fourth-order valence-corrected chi connectivity index (χ4v) is 1.67. The first-order chi connectivity index (χ1) is 8.08. The topological polar surface area (TPSA) is 81.1 Å². The van der Waals surface area contributed by atoms with Crippen molar-refractivity contribution in [2.75, 3.05) is 19.8 Å². The third-order valence-electron chi connectivity index (χ3n) is 2.52. The lowest BCUT2D eigenvalue weighted by atomic mass is 10.3. The molecule has 0 spiro atoms. The lowest BCUT2D eigenvalue weighted by Crippen LogP contribution is -2.27. The van der Waals surface area contributed by atoms with Crippen LogP contribution in [0.5, 0.6) is 0 Å². The molecular weight excluding hydrogens is 224 g/mol. The first-order valence-electron chi connectivity index (χ1n) is 5.68. The highest BCUT2D eigenvalue weighted by Gasteiger charge is 2.12. The summed E-state index contributed by atoms with van der Waals surface area (Å²) in [5.41, 5.74) is 0. The van der Waals surface area contributed by atoms with E-state index >= 15 is 0 Å². The minimum absolute atomic E-state index is 0.184. The quantitative estimate of drug-likeness (QED) is 0.654. The Morgan fingerprint density at radius 3 is 1.71 bits per heavy atom. The molecule has 0 aromatic heterocycles. The molecule has 0 aromatic rings. The Morgan fingerprint density at radius 2 is 1.35 bits per heavy atom. The molecule has 6 nitrogen and oxygen atoms in total. The summed E-state index contributed by atoms with van der Waals surface area (Å²) in [6.07, 6.45) is 5.46. The highest BCUT2D eigenvalue weighted by Crippen LogP contribution is 2.09. The van der Waals surface area contributed by atoms with E-state index in [0.29, 0.717) is 12.8 Å². The van der Waals surface area contributed by atoms with Gasteiger partial charge in [-0.25, -0.2) is 0 Å². The average molecular weight is 242 g/mol. The van der Waals surface area contributed by atoms with Crippen LogP contribution in [0.2, 0.25) is 0 Å². The van der Waals surface area contributed by atoms with Crippen molar-refractivity contribution < 1.29 is 19.8 Å². The first-order valence-corrected chi connectivity index (χ1v) is 5.68. The van der Waals surface area contributed by atoms with Gasteiger partial charge in [0.25, 0.3) is 0 Å². The van der Waals surface area contributed by atoms with Crippen LogP contribution in [0.25, 0.3) is 0 Å². The van der Waals surface area contributed by atoms with Gasteiger partial charge in [-0.3, -0.25) is 9.59 Å². The highest BCUT2D eigenvalue weighted by atomic mass is 16.4. The SMILES string of the molecule is O=C(O)CCCN1C=CN(CCCC(=O)O)C1. The third-order valence-corrected chi connectivity index (χ3v) is 2.52. The van der Waals surface area contributed by atoms with Crippen LogP contribution in [-0.4, -0.2) is 51.7 Å². The van der Waals surface area contributed by atoms with Crippen molar-refractivity contribution in [2.45, 2.75) is 25.7 Å². The first kappa shape index (κ1) is 13.3. The van der Waals surface area contributed by atoms with Crippen LogP contribution in [0.4, 0.5) is 0 Å². The molecule has 1 heterocycles. The Bertz CT molecular complexity index is 276. The van der Waals surface area contributed by atoms with Gasteiger partial charge in [0.05, 0.1) is 6.67 Å². The molecule has 1 aliphatic rings. The average Bonchev–Trinajstić information content (AvgIpc) is 2.65. The number of carboxylic acid groups (broad SMARTS) is 2. The zero-order valence-corrected chi connectivity index (χ0v) is 9.71. The number of rotatable bonds is 8. The molecule has 17 heavy (non-hydrogen) atoms. The number of aliphatic carboxylic acids is 2. The Balaban J connectivity index is 2.09. The van der Waals surface area contributed by atoms with Crippen LogP contribution < -0.4 is 0 Å². The van der Waals surface area contributed by atoms with Crippen molar-refractivity contribution in [3.8, 4) is 0 Å². The fourth-order valence-electron chi connectivity index (χ4n) is 1.67. The molecule has 0 radical (unpaired) electrons. The van der Waals surface area contributed by atoms with Gasteiger partial charge < -0.3 is 20.0 Å². The number of nitrogens with zero attached hydrogens (tertiary/aromatic N) is 2. The molecule has 0 amide bonds. The molecule has 0 bridgehead atoms. The standard InChI is InChI=1S/C11H18N2O4/c14-10(15)3-1-5-12-7-8-13(9-12)6-2-4-11(16)17/h7-8H,1-6,9H2,(H,14,15)(H,16,17). The van der Waals surface area contributed by atoms with Crippen LogP contribution >= 0.6 is 0 Å². The molecule has 6 heteroatoms. The number of carbonyl (C=O) groups is 2. The van der Waals surface area contributed by atoms with Gasteiger partial charge in [0.2, 0.25) is 0 Å². The Labute approximate surface area is 100 Å². The van der Waals surface area contributed by atoms with E-state index in [1.807, 2.05) is 22.2 Å². The zero-order chi connectivity index (χ0) is 12.7. The molecule has 96 valence electrons. The summed E-state index contributed by atoms with van der Waals surface area (Å²) < 4.78 is 0. The molecule has 2 N–H and O–H groups in total. The van der Waals surface area contributed by atoms with E-state index < -0.39 is 11.9 Å². The van der Waals surface area contributed by atoms with Gasteiger partial charge >= 0.3 is 11.9 Å². The molecule has 0 atom stereocenters. The van der Waals surface area contributed by atoms with Crippen LogP contribution in [0, 0.1) is 0 Å². The predicted molar refractivity (Wildman–Crippen MR) is 61.2 cm³/mol. The summed E-state index contributed by atoms with van der Waals surface area (Å²) >= 11 is 0. The van der Waals surface area contributed by atoms with E-state index in [9.17, 15) is 9.59 Å². The van der Waals surface area contributed by atoms with Crippen LogP contribution in [0.3, 0.4) is 0 Å². The van der Waals surface area contributed by atoms with Gasteiger partial charge in [0.15, 0.2) is 0 Å². The number of carboxylic acids is 2. The maximum absolute atomic E-state index is 10.3. The predicted octanol–water partition coefficient (Wildman–Crippen LogP) is 0.762. The van der Waals surface area contributed by atoms with Gasteiger partial charge in [0, 0.05) is 38.3 Å². The summed E-state index contributed by atoms with van der Waals surface area (Å²) in [4.78, 5) is 24.7.